The predicted octanol–water partition coefficient (Wildman–Crippen LogP) is 3.62. The van der Waals surface area contributed by atoms with Gasteiger partial charge in [0, 0.05) is 6.92 Å². The van der Waals surface area contributed by atoms with Crippen LogP contribution in [0.2, 0.25) is 0 Å². The van der Waals surface area contributed by atoms with E-state index in [4.69, 9.17) is 18.9 Å². The molecule has 1 fully saturated rings. The summed E-state index contributed by atoms with van der Waals surface area (Å²) in [5.41, 5.74) is 1.09. The number of benzene rings is 1. The van der Waals surface area contributed by atoms with Gasteiger partial charge in [0.15, 0.2) is 5.79 Å². The first kappa shape index (κ1) is 19.6. The Morgan fingerprint density at radius 1 is 1.32 bits per heavy atom. The molecule has 0 aliphatic carbocycles. The van der Waals surface area contributed by atoms with E-state index in [2.05, 4.69) is 13.8 Å². The van der Waals surface area contributed by atoms with Crippen molar-refractivity contribution in [2.45, 2.75) is 58.2 Å². The van der Waals surface area contributed by atoms with Crippen LogP contribution in [0.3, 0.4) is 0 Å². The fourth-order valence-corrected chi connectivity index (χ4v) is 2.77. The van der Waals surface area contributed by atoms with Gasteiger partial charge in [0.25, 0.3) is 0 Å². The maximum absolute atomic E-state index is 10.9. The molecule has 1 aliphatic heterocycles. The lowest BCUT2D eigenvalue weighted by atomic mass is 10.1. The van der Waals surface area contributed by atoms with E-state index in [-0.39, 0.29) is 24.8 Å². The second kappa shape index (κ2) is 9.70. The van der Waals surface area contributed by atoms with Crippen LogP contribution in [0.25, 0.3) is 0 Å². The zero-order valence-electron chi connectivity index (χ0n) is 15.3. The van der Waals surface area contributed by atoms with Gasteiger partial charge in [-0.3, -0.25) is 4.79 Å². The minimum absolute atomic E-state index is 0.183. The van der Waals surface area contributed by atoms with Gasteiger partial charge >= 0.3 is 5.97 Å². The summed E-state index contributed by atoms with van der Waals surface area (Å²) in [6, 6.07) is 9.99. The molecule has 1 aromatic carbocycles. The van der Waals surface area contributed by atoms with Crippen molar-refractivity contribution in [3.05, 3.63) is 48.0 Å². The van der Waals surface area contributed by atoms with Crippen molar-refractivity contribution < 1.29 is 23.7 Å². The molecule has 0 radical (unpaired) electrons. The normalized spacial score (nSPS) is 20.7. The second-order valence-electron chi connectivity index (χ2n) is 6.08. The quantitative estimate of drug-likeness (QED) is 0.504. The first-order valence-electron chi connectivity index (χ1n) is 8.86. The van der Waals surface area contributed by atoms with Crippen molar-refractivity contribution in [2.75, 3.05) is 13.2 Å². The van der Waals surface area contributed by atoms with Gasteiger partial charge in [0.05, 0.1) is 13.2 Å². The molecule has 0 saturated carbocycles. The van der Waals surface area contributed by atoms with Crippen LogP contribution in [-0.4, -0.2) is 37.2 Å². The molecule has 1 aliphatic rings. The SMILES string of the molecule is CCC1(CC)OC[C@H]([C@@H](/C=C/COC(C)=O)OCc2ccccc2)O1. The topological polar surface area (TPSA) is 54.0 Å². The van der Waals surface area contributed by atoms with Crippen molar-refractivity contribution in [2.24, 2.45) is 0 Å². The van der Waals surface area contributed by atoms with Gasteiger partial charge in [-0.05, 0) is 24.5 Å². The molecule has 2 rings (SSSR count). The summed E-state index contributed by atoms with van der Waals surface area (Å²) in [4.78, 5) is 10.9. The molecule has 0 amide bonds. The van der Waals surface area contributed by atoms with E-state index < -0.39 is 5.79 Å². The van der Waals surface area contributed by atoms with Gasteiger partial charge in [0.2, 0.25) is 0 Å². The smallest absolute Gasteiger partial charge is 0.302 e. The number of carbonyl (C=O) groups is 1. The van der Waals surface area contributed by atoms with Crippen LogP contribution in [0.15, 0.2) is 42.5 Å². The largest absolute Gasteiger partial charge is 0.462 e. The van der Waals surface area contributed by atoms with E-state index in [0.717, 1.165) is 18.4 Å². The van der Waals surface area contributed by atoms with Crippen molar-refractivity contribution >= 4 is 5.97 Å². The third-order valence-corrected chi connectivity index (χ3v) is 4.31. The Kier molecular flexibility index (Phi) is 7.62. The van der Waals surface area contributed by atoms with Gasteiger partial charge in [-0.2, -0.15) is 0 Å². The zero-order valence-corrected chi connectivity index (χ0v) is 15.3. The minimum Gasteiger partial charge on any atom is -0.462 e. The van der Waals surface area contributed by atoms with E-state index in [9.17, 15) is 4.79 Å². The number of carbonyl (C=O) groups excluding carboxylic acids is 1. The Labute approximate surface area is 149 Å². The predicted molar refractivity (Wildman–Crippen MR) is 94.9 cm³/mol. The summed E-state index contributed by atoms with van der Waals surface area (Å²) < 4.78 is 23.1. The van der Waals surface area contributed by atoms with Gasteiger partial charge in [-0.15, -0.1) is 0 Å². The highest BCUT2D eigenvalue weighted by Crippen LogP contribution is 2.32. The summed E-state index contributed by atoms with van der Waals surface area (Å²) >= 11 is 0. The molecule has 0 N–H and O–H groups in total. The zero-order chi connectivity index (χ0) is 18.1. The van der Waals surface area contributed by atoms with Gasteiger partial charge in [-0.1, -0.05) is 50.3 Å². The molecule has 25 heavy (non-hydrogen) atoms. The maximum atomic E-state index is 10.9. The number of rotatable bonds is 9. The lowest BCUT2D eigenvalue weighted by Gasteiger charge is -2.27. The average molecular weight is 348 g/mol. The highest BCUT2D eigenvalue weighted by atomic mass is 16.8. The van der Waals surface area contributed by atoms with Crippen LogP contribution in [0.1, 0.15) is 39.2 Å². The van der Waals surface area contributed by atoms with Crippen molar-refractivity contribution in [1.29, 1.82) is 0 Å². The van der Waals surface area contributed by atoms with E-state index in [1.54, 1.807) is 6.08 Å². The van der Waals surface area contributed by atoms with Crippen molar-refractivity contribution in [3.63, 3.8) is 0 Å². The minimum atomic E-state index is -0.525. The molecule has 0 aromatic heterocycles. The fourth-order valence-electron chi connectivity index (χ4n) is 2.77. The fraction of sp³-hybridized carbons (Fsp3) is 0.550. The second-order valence-corrected chi connectivity index (χ2v) is 6.08. The monoisotopic (exact) mass is 348 g/mol. The summed E-state index contributed by atoms with van der Waals surface area (Å²) in [5.74, 6) is -0.828. The van der Waals surface area contributed by atoms with Crippen LogP contribution in [0, 0.1) is 0 Å². The van der Waals surface area contributed by atoms with Crippen LogP contribution in [0.5, 0.6) is 0 Å². The Hall–Kier alpha value is -1.69. The van der Waals surface area contributed by atoms with Crippen LogP contribution >= 0.6 is 0 Å². The number of ether oxygens (including phenoxy) is 4. The third kappa shape index (κ3) is 5.96. The molecule has 1 heterocycles. The molecule has 0 unspecified atom stereocenters. The summed E-state index contributed by atoms with van der Waals surface area (Å²) in [5, 5.41) is 0. The molecule has 0 bridgehead atoms. The van der Waals surface area contributed by atoms with E-state index in [1.807, 2.05) is 36.4 Å². The summed E-state index contributed by atoms with van der Waals surface area (Å²) in [7, 11) is 0. The van der Waals surface area contributed by atoms with E-state index in [1.165, 1.54) is 6.92 Å². The standard InChI is InChI=1S/C20H28O5/c1-4-20(5-2)24-15-19(25-20)18(12-9-13-22-16(3)21)23-14-17-10-7-6-8-11-17/h6-12,18-19H,4-5,13-15H2,1-3H3/b12-9+/t18-,19-/m1/s1. The molecule has 1 saturated heterocycles. The lowest BCUT2D eigenvalue weighted by molar-refractivity contribution is -0.182. The average Bonchev–Trinajstić information content (AvgIpc) is 3.07. The van der Waals surface area contributed by atoms with Crippen molar-refractivity contribution in [1.82, 2.24) is 0 Å². The molecule has 2 atom stereocenters. The van der Waals surface area contributed by atoms with Gasteiger partial charge in [-0.25, -0.2) is 0 Å². The number of esters is 1. The number of hydrogen-bond acceptors (Lipinski definition) is 5. The first-order valence-corrected chi connectivity index (χ1v) is 8.86. The van der Waals surface area contributed by atoms with Crippen LogP contribution < -0.4 is 0 Å². The van der Waals surface area contributed by atoms with Gasteiger partial charge < -0.3 is 18.9 Å². The van der Waals surface area contributed by atoms with E-state index >= 15 is 0 Å². The number of hydrogen-bond donors (Lipinski definition) is 0. The molecular weight excluding hydrogens is 320 g/mol. The lowest BCUT2D eigenvalue weighted by Crippen LogP contribution is -2.34. The molecule has 1 aromatic rings. The van der Waals surface area contributed by atoms with Crippen LogP contribution in [-0.2, 0) is 30.3 Å². The molecule has 138 valence electrons. The van der Waals surface area contributed by atoms with Gasteiger partial charge in [0.1, 0.15) is 18.8 Å². The molecule has 0 spiro atoms. The Morgan fingerprint density at radius 3 is 2.64 bits per heavy atom. The Balaban J connectivity index is 2.00. The summed E-state index contributed by atoms with van der Waals surface area (Å²) in [6.45, 7) is 6.70. The molecule has 5 nitrogen and oxygen atoms in total. The highest BCUT2D eigenvalue weighted by Gasteiger charge is 2.41. The molecular formula is C20H28O5. The third-order valence-electron chi connectivity index (χ3n) is 4.31. The van der Waals surface area contributed by atoms with E-state index in [0.29, 0.717) is 13.2 Å². The molecule has 5 heteroatoms. The first-order chi connectivity index (χ1) is 12.1. The Bertz CT molecular complexity index is 550. The van der Waals surface area contributed by atoms with Crippen LogP contribution in [0.4, 0.5) is 0 Å². The highest BCUT2D eigenvalue weighted by molar-refractivity contribution is 5.65. The Morgan fingerprint density at radius 2 is 2.04 bits per heavy atom. The maximum Gasteiger partial charge on any atom is 0.302 e. The summed E-state index contributed by atoms with van der Waals surface area (Å²) in [6.07, 6.45) is 4.82. The van der Waals surface area contributed by atoms with Crippen molar-refractivity contribution in [3.8, 4) is 0 Å².